The highest BCUT2D eigenvalue weighted by molar-refractivity contribution is 5.96. The molecule has 0 aromatic heterocycles. The van der Waals surface area contributed by atoms with Crippen LogP contribution in [0, 0.1) is 17.7 Å². The molecule has 2 aromatic rings. The minimum atomic E-state index is -0.307. The van der Waals surface area contributed by atoms with Gasteiger partial charge in [0.2, 0.25) is 5.91 Å². The SMILES string of the molecule is Cl.NC[C@H]1CCC[C@H]1C(=O)Nc1ccc(C(=O)NCc2ccc(F)cc2)cc1. The maximum atomic E-state index is 12.9. The van der Waals surface area contributed by atoms with Crippen LogP contribution >= 0.6 is 12.4 Å². The molecular weight excluding hydrogens is 381 g/mol. The van der Waals surface area contributed by atoms with Crippen molar-refractivity contribution in [2.75, 3.05) is 11.9 Å². The van der Waals surface area contributed by atoms with E-state index in [1.165, 1.54) is 12.1 Å². The van der Waals surface area contributed by atoms with Crippen LogP contribution in [0.25, 0.3) is 0 Å². The van der Waals surface area contributed by atoms with E-state index < -0.39 is 0 Å². The summed E-state index contributed by atoms with van der Waals surface area (Å²) in [5.74, 6) is -0.319. The Morgan fingerprint density at radius 3 is 2.36 bits per heavy atom. The summed E-state index contributed by atoms with van der Waals surface area (Å²) in [6, 6.07) is 12.8. The van der Waals surface area contributed by atoms with Gasteiger partial charge in [-0.25, -0.2) is 4.39 Å². The summed E-state index contributed by atoms with van der Waals surface area (Å²) < 4.78 is 12.9. The van der Waals surface area contributed by atoms with Crippen LogP contribution in [0.15, 0.2) is 48.5 Å². The van der Waals surface area contributed by atoms with Gasteiger partial charge in [-0.15, -0.1) is 12.4 Å². The van der Waals surface area contributed by atoms with Crippen molar-refractivity contribution in [1.82, 2.24) is 5.32 Å². The monoisotopic (exact) mass is 405 g/mol. The maximum absolute atomic E-state index is 12.9. The van der Waals surface area contributed by atoms with Gasteiger partial charge in [-0.3, -0.25) is 9.59 Å². The fourth-order valence-corrected chi connectivity index (χ4v) is 3.49. The van der Waals surface area contributed by atoms with E-state index in [2.05, 4.69) is 10.6 Å². The van der Waals surface area contributed by atoms with Crippen molar-refractivity contribution >= 4 is 29.9 Å². The molecule has 2 atom stereocenters. The first-order valence-corrected chi connectivity index (χ1v) is 9.20. The molecule has 2 amide bonds. The van der Waals surface area contributed by atoms with E-state index in [9.17, 15) is 14.0 Å². The lowest BCUT2D eigenvalue weighted by Crippen LogP contribution is -2.29. The number of anilines is 1. The Labute approximate surface area is 170 Å². The maximum Gasteiger partial charge on any atom is 0.251 e. The molecule has 0 heterocycles. The molecule has 0 spiro atoms. The van der Waals surface area contributed by atoms with Crippen molar-refractivity contribution in [1.29, 1.82) is 0 Å². The number of amides is 2. The van der Waals surface area contributed by atoms with E-state index in [-0.39, 0.29) is 41.9 Å². The second-order valence-corrected chi connectivity index (χ2v) is 6.91. The third-order valence-electron chi connectivity index (χ3n) is 5.08. The quantitative estimate of drug-likeness (QED) is 0.687. The fraction of sp³-hybridized carbons (Fsp3) is 0.333. The van der Waals surface area contributed by atoms with E-state index in [1.54, 1.807) is 36.4 Å². The molecule has 3 rings (SSSR count). The van der Waals surface area contributed by atoms with Crippen molar-refractivity contribution in [3.8, 4) is 0 Å². The third kappa shape index (κ3) is 5.53. The Morgan fingerprint density at radius 2 is 1.71 bits per heavy atom. The van der Waals surface area contributed by atoms with Crippen molar-refractivity contribution in [2.24, 2.45) is 17.6 Å². The van der Waals surface area contributed by atoms with Crippen LogP contribution < -0.4 is 16.4 Å². The largest absolute Gasteiger partial charge is 0.348 e. The van der Waals surface area contributed by atoms with E-state index >= 15 is 0 Å². The first-order chi connectivity index (χ1) is 13.1. The van der Waals surface area contributed by atoms with Gasteiger partial charge in [-0.2, -0.15) is 0 Å². The standard InChI is InChI=1S/C21H24FN3O2.ClH/c22-17-8-4-14(5-9-17)13-24-20(26)15-6-10-18(11-7-15)25-21(27)19-3-1-2-16(19)12-23;/h4-11,16,19H,1-3,12-13,23H2,(H,24,26)(H,25,27);1H/t16-,19-;/m1./s1. The van der Waals surface area contributed by atoms with E-state index in [4.69, 9.17) is 5.73 Å². The van der Waals surface area contributed by atoms with Gasteiger partial charge < -0.3 is 16.4 Å². The van der Waals surface area contributed by atoms with E-state index in [0.717, 1.165) is 24.8 Å². The summed E-state index contributed by atoms with van der Waals surface area (Å²) >= 11 is 0. The Morgan fingerprint density at radius 1 is 1.04 bits per heavy atom. The Bertz CT molecular complexity index is 796. The van der Waals surface area contributed by atoms with Crippen LogP contribution in [0.3, 0.4) is 0 Å². The predicted octanol–water partition coefficient (Wildman–Crippen LogP) is 3.49. The van der Waals surface area contributed by atoms with Crippen LogP contribution in [-0.4, -0.2) is 18.4 Å². The third-order valence-corrected chi connectivity index (χ3v) is 5.08. The summed E-state index contributed by atoms with van der Waals surface area (Å²) in [5, 5.41) is 5.71. The van der Waals surface area contributed by atoms with Gasteiger partial charge in [0.25, 0.3) is 5.91 Å². The summed E-state index contributed by atoms with van der Waals surface area (Å²) in [6.07, 6.45) is 2.91. The normalized spacial score (nSPS) is 18.2. The van der Waals surface area contributed by atoms with Crippen LogP contribution in [0.1, 0.15) is 35.2 Å². The minimum absolute atomic E-state index is 0. The molecule has 1 aliphatic rings. The summed E-state index contributed by atoms with van der Waals surface area (Å²) in [5.41, 5.74) is 7.72. The number of halogens is 2. The average Bonchev–Trinajstić information content (AvgIpc) is 3.17. The molecule has 0 saturated heterocycles. The van der Waals surface area contributed by atoms with Crippen LogP contribution in [0.4, 0.5) is 10.1 Å². The molecule has 0 radical (unpaired) electrons. The zero-order valence-corrected chi connectivity index (χ0v) is 16.3. The molecule has 0 aliphatic heterocycles. The molecule has 4 N–H and O–H groups in total. The Hall–Kier alpha value is -2.44. The molecule has 150 valence electrons. The lowest BCUT2D eigenvalue weighted by Gasteiger charge is -2.17. The number of hydrogen-bond acceptors (Lipinski definition) is 3. The summed E-state index contributed by atoms with van der Waals surface area (Å²) in [4.78, 5) is 24.6. The highest BCUT2D eigenvalue weighted by Crippen LogP contribution is 2.31. The molecule has 1 saturated carbocycles. The van der Waals surface area contributed by atoms with Gasteiger partial charge in [0.05, 0.1) is 0 Å². The Balaban J connectivity index is 0.00000280. The topological polar surface area (TPSA) is 84.2 Å². The van der Waals surface area contributed by atoms with Crippen LogP contribution in [-0.2, 0) is 11.3 Å². The number of carbonyl (C=O) groups excluding carboxylic acids is 2. The molecule has 5 nitrogen and oxygen atoms in total. The van der Waals surface area contributed by atoms with Crippen molar-refractivity contribution in [2.45, 2.75) is 25.8 Å². The van der Waals surface area contributed by atoms with Gasteiger partial charge in [0.1, 0.15) is 5.82 Å². The highest BCUT2D eigenvalue weighted by atomic mass is 35.5. The summed E-state index contributed by atoms with van der Waals surface area (Å²) in [6.45, 7) is 0.852. The lowest BCUT2D eigenvalue weighted by atomic mass is 9.95. The van der Waals surface area contributed by atoms with E-state index in [0.29, 0.717) is 24.3 Å². The molecule has 0 bridgehead atoms. The zero-order valence-electron chi connectivity index (χ0n) is 15.5. The predicted molar refractivity (Wildman–Crippen MR) is 110 cm³/mol. The number of hydrogen-bond donors (Lipinski definition) is 3. The number of carbonyl (C=O) groups is 2. The molecule has 2 aromatic carbocycles. The number of benzene rings is 2. The summed E-state index contributed by atoms with van der Waals surface area (Å²) in [7, 11) is 0. The van der Waals surface area contributed by atoms with Gasteiger partial charge in [-0.05, 0) is 67.3 Å². The van der Waals surface area contributed by atoms with Gasteiger partial charge in [-0.1, -0.05) is 18.6 Å². The number of nitrogens with one attached hydrogen (secondary N) is 2. The van der Waals surface area contributed by atoms with Crippen molar-refractivity contribution in [3.63, 3.8) is 0 Å². The van der Waals surface area contributed by atoms with E-state index in [1.807, 2.05) is 0 Å². The average molecular weight is 406 g/mol. The smallest absolute Gasteiger partial charge is 0.251 e. The fourth-order valence-electron chi connectivity index (χ4n) is 3.49. The van der Waals surface area contributed by atoms with Gasteiger partial charge in [0.15, 0.2) is 0 Å². The van der Waals surface area contributed by atoms with Crippen molar-refractivity contribution < 1.29 is 14.0 Å². The molecule has 1 fully saturated rings. The molecular formula is C21H25ClFN3O2. The zero-order chi connectivity index (χ0) is 19.2. The van der Waals surface area contributed by atoms with Crippen molar-refractivity contribution in [3.05, 3.63) is 65.5 Å². The van der Waals surface area contributed by atoms with Gasteiger partial charge in [0, 0.05) is 23.7 Å². The van der Waals surface area contributed by atoms with Crippen LogP contribution in [0.5, 0.6) is 0 Å². The van der Waals surface area contributed by atoms with Gasteiger partial charge >= 0.3 is 0 Å². The first kappa shape index (κ1) is 21.9. The molecule has 28 heavy (non-hydrogen) atoms. The Kier molecular flexibility index (Phi) is 7.96. The second-order valence-electron chi connectivity index (χ2n) is 6.91. The second kappa shape index (κ2) is 10.2. The molecule has 1 aliphatic carbocycles. The van der Waals surface area contributed by atoms with Crippen LogP contribution in [0.2, 0.25) is 0 Å². The molecule has 7 heteroatoms. The first-order valence-electron chi connectivity index (χ1n) is 9.20. The number of rotatable bonds is 6. The molecule has 0 unspecified atom stereocenters. The number of nitrogens with two attached hydrogens (primary N) is 1. The lowest BCUT2D eigenvalue weighted by molar-refractivity contribution is -0.120. The minimum Gasteiger partial charge on any atom is -0.348 e. The highest BCUT2D eigenvalue weighted by Gasteiger charge is 2.31.